The smallest absolute Gasteiger partial charge is 0.0420 e. The number of benzene rings is 2. The molecule has 2 heteroatoms. The molecule has 2 nitrogen and oxygen atoms in total. The Morgan fingerprint density at radius 3 is 2.65 bits per heavy atom. The maximum Gasteiger partial charge on any atom is 0.0420 e. The zero-order valence-corrected chi connectivity index (χ0v) is 14.0. The number of nitrogens with one attached hydrogen (secondary N) is 1. The van der Waals surface area contributed by atoms with Crippen molar-refractivity contribution in [1.82, 2.24) is 4.90 Å². The fourth-order valence-electron chi connectivity index (χ4n) is 3.75. The van der Waals surface area contributed by atoms with Gasteiger partial charge in [0.15, 0.2) is 0 Å². The summed E-state index contributed by atoms with van der Waals surface area (Å²) in [4.78, 5) is 2.60. The predicted octanol–water partition coefficient (Wildman–Crippen LogP) is 5.07. The Labute approximate surface area is 140 Å². The lowest BCUT2D eigenvalue weighted by atomic mass is 9.94. The molecule has 2 aromatic rings. The standard InChI is InChI=1S/C21H28N2/c1-2-16-23(19-11-4-3-5-12-19)17-15-22-21-14-8-10-18-9-6-7-13-20(18)21/h2,6-10,13-14,19,22H,1,3-5,11-12,15-17H2. The Morgan fingerprint density at radius 2 is 1.83 bits per heavy atom. The van der Waals surface area contributed by atoms with E-state index in [0.717, 1.165) is 25.7 Å². The second-order valence-electron chi connectivity index (χ2n) is 6.53. The summed E-state index contributed by atoms with van der Waals surface area (Å²) < 4.78 is 0. The third-order valence-electron chi connectivity index (χ3n) is 4.96. The molecule has 0 amide bonds. The molecule has 0 spiro atoms. The summed E-state index contributed by atoms with van der Waals surface area (Å²) in [6.45, 7) is 7.01. The summed E-state index contributed by atoms with van der Waals surface area (Å²) in [6.07, 6.45) is 8.92. The first kappa shape index (κ1) is 16.1. The number of rotatable bonds is 7. The Balaban J connectivity index is 1.61. The van der Waals surface area contributed by atoms with Gasteiger partial charge in [-0.3, -0.25) is 4.90 Å². The second kappa shape index (κ2) is 8.16. The van der Waals surface area contributed by atoms with Crippen molar-refractivity contribution in [3.63, 3.8) is 0 Å². The van der Waals surface area contributed by atoms with Crippen molar-refractivity contribution in [1.29, 1.82) is 0 Å². The van der Waals surface area contributed by atoms with Crippen LogP contribution in [0.2, 0.25) is 0 Å². The Hall–Kier alpha value is -1.80. The van der Waals surface area contributed by atoms with E-state index < -0.39 is 0 Å². The van der Waals surface area contributed by atoms with Crippen molar-refractivity contribution in [2.24, 2.45) is 0 Å². The molecule has 0 unspecified atom stereocenters. The minimum atomic E-state index is 0.746. The van der Waals surface area contributed by atoms with Gasteiger partial charge in [0, 0.05) is 36.7 Å². The van der Waals surface area contributed by atoms with Crippen molar-refractivity contribution in [3.05, 3.63) is 55.1 Å². The van der Waals surface area contributed by atoms with Gasteiger partial charge in [-0.25, -0.2) is 0 Å². The van der Waals surface area contributed by atoms with Crippen molar-refractivity contribution in [2.45, 2.75) is 38.1 Å². The summed E-state index contributed by atoms with van der Waals surface area (Å²) in [5.74, 6) is 0. The second-order valence-corrected chi connectivity index (χ2v) is 6.53. The first-order valence-electron chi connectivity index (χ1n) is 8.95. The highest BCUT2D eigenvalue weighted by molar-refractivity contribution is 5.93. The minimum Gasteiger partial charge on any atom is -0.383 e. The van der Waals surface area contributed by atoms with Gasteiger partial charge in [0.05, 0.1) is 0 Å². The van der Waals surface area contributed by atoms with Gasteiger partial charge in [-0.05, 0) is 24.3 Å². The molecule has 0 bridgehead atoms. The van der Waals surface area contributed by atoms with Crippen molar-refractivity contribution in [3.8, 4) is 0 Å². The van der Waals surface area contributed by atoms with Gasteiger partial charge in [-0.2, -0.15) is 0 Å². The molecule has 0 atom stereocenters. The molecule has 1 saturated carbocycles. The van der Waals surface area contributed by atoms with Crippen molar-refractivity contribution < 1.29 is 0 Å². The first-order chi connectivity index (χ1) is 11.4. The number of hydrogen-bond acceptors (Lipinski definition) is 2. The highest BCUT2D eigenvalue weighted by atomic mass is 15.2. The fraction of sp³-hybridized carbons (Fsp3) is 0.429. The molecule has 2 aromatic carbocycles. The molecule has 1 aliphatic carbocycles. The fourth-order valence-corrected chi connectivity index (χ4v) is 3.75. The number of nitrogens with zero attached hydrogens (tertiary/aromatic N) is 1. The van der Waals surface area contributed by atoms with Gasteiger partial charge in [0.1, 0.15) is 0 Å². The van der Waals surface area contributed by atoms with Crippen molar-refractivity contribution in [2.75, 3.05) is 25.0 Å². The van der Waals surface area contributed by atoms with Gasteiger partial charge >= 0.3 is 0 Å². The van der Waals surface area contributed by atoms with Crippen LogP contribution in [0.4, 0.5) is 5.69 Å². The minimum absolute atomic E-state index is 0.746. The van der Waals surface area contributed by atoms with E-state index in [-0.39, 0.29) is 0 Å². The lowest BCUT2D eigenvalue weighted by molar-refractivity contribution is 0.178. The lowest BCUT2D eigenvalue weighted by Crippen LogP contribution is -2.39. The monoisotopic (exact) mass is 308 g/mol. The third kappa shape index (κ3) is 4.14. The van der Waals surface area contributed by atoms with E-state index in [0.29, 0.717) is 0 Å². The van der Waals surface area contributed by atoms with Crippen LogP contribution in [0.3, 0.4) is 0 Å². The average molecular weight is 308 g/mol. The van der Waals surface area contributed by atoms with E-state index >= 15 is 0 Å². The average Bonchev–Trinajstić information content (AvgIpc) is 2.62. The molecule has 1 aliphatic rings. The third-order valence-corrected chi connectivity index (χ3v) is 4.96. The number of hydrogen-bond donors (Lipinski definition) is 1. The van der Waals surface area contributed by atoms with Crippen molar-refractivity contribution >= 4 is 16.5 Å². The molecular formula is C21H28N2. The summed E-state index contributed by atoms with van der Waals surface area (Å²) in [5, 5.41) is 6.25. The van der Waals surface area contributed by atoms with Crippen LogP contribution in [0.5, 0.6) is 0 Å². The van der Waals surface area contributed by atoms with E-state index in [1.807, 2.05) is 6.08 Å². The van der Waals surface area contributed by atoms with Gasteiger partial charge in [-0.15, -0.1) is 6.58 Å². The maximum atomic E-state index is 3.94. The van der Waals surface area contributed by atoms with Gasteiger partial charge in [-0.1, -0.05) is 61.7 Å². The zero-order valence-electron chi connectivity index (χ0n) is 14.0. The van der Waals surface area contributed by atoms with Crippen LogP contribution in [-0.4, -0.2) is 30.6 Å². The molecule has 0 saturated heterocycles. The first-order valence-corrected chi connectivity index (χ1v) is 8.95. The van der Waals surface area contributed by atoms with Crippen LogP contribution >= 0.6 is 0 Å². The summed E-state index contributed by atoms with van der Waals surface area (Å²) >= 11 is 0. The van der Waals surface area contributed by atoms with Crippen LogP contribution in [0.1, 0.15) is 32.1 Å². The number of fused-ring (bicyclic) bond motifs is 1. The van der Waals surface area contributed by atoms with Gasteiger partial charge < -0.3 is 5.32 Å². The Morgan fingerprint density at radius 1 is 1.04 bits per heavy atom. The molecule has 1 fully saturated rings. The summed E-state index contributed by atoms with van der Waals surface area (Å²) in [5.41, 5.74) is 1.24. The van der Waals surface area contributed by atoms with E-state index in [1.165, 1.54) is 48.6 Å². The largest absolute Gasteiger partial charge is 0.383 e. The molecule has 0 radical (unpaired) electrons. The van der Waals surface area contributed by atoms with Crippen LogP contribution in [0, 0.1) is 0 Å². The maximum absolute atomic E-state index is 3.94. The summed E-state index contributed by atoms with van der Waals surface area (Å²) in [6, 6.07) is 15.8. The topological polar surface area (TPSA) is 15.3 Å². The van der Waals surface area contributed by atoms with E-state index in [1.54, 1.807) is 0 Å². The molecule has 0 heterocycles. The van der Waals surface area contributed by atoms with Gasteiger partial charge in [0.25, 0.3) is 0 Å². The van der Waals surface area contributed by atoms with Crippen LogP contribution < -0.4 is 5.32 Å². The van der Waals surface area contributed by atoms with Crippen LogP contribution in [0.15, 0.2) is 55.1 Å². The Bertz CT molecular complexity index is 623. The zero-order chi connectivity index (χ0) is 15.9. The highest BCUT2D eigenvalue weighted by Gasteiger charge is 2.19. The number of anilines is 1. The molecule has 0 aliphatic heterocycles. The summed E-state index contributed by atoms with van der Waals surface area (Å²) in [7, 11) is 0. The molecule has 0 aromatic heterocycles. The quantitative estimate of drug-likeness (QED) is 0.718. The van der Waals surface area contributed by atoms with Crippen LogP contribution in [0.25, 0.3) is 10.8 Å². The SMILES string of the molecule is C=CCN(CCNc1cccc2ccccc12)C1CCCCC1. The molecule has 23 heavy (non-hydrogen) atoms. The molecule has 1 N–H and O–H groups in total. The Kier molecular flexibility index (Phi) is 5.71. The highest BCUT2D eigenvalue weighted by Crippen LogP contribution is 2.24. The van der Waals surface area contributed by atoms with Gasteiger partial charge in [0.2, 0.25) is 0 Å². The lowest BCUT2D eigenvalue weighted by Gasteiger charge is -2.33. The van der Waals surface area contributed by atoms with E-state index in [2.05, 4.69) is 59.3 Å². The molecule has 122 valence electrons. The molecule has 3 rings (SSSR count). The van der Waals surface area contributed by atoms with E-state index in [9.17, 15) is 0 Å². The predicted molar refractivity (Wildman–Crippen MR) is 101 cm³/mol. The van der Waals surface area contributed by atoms with E-state index in [4.69, 9.17) is 0 Å². The van der Waals surface area contributed by atoms with Crippen LogP contribution in [-0.2, 0) is 0 Å². The normalized spacial score (nSPS) is 15.9. The molecular weight excluding hydrogens is 280 g/mol.